The molecule has 0 bridgehead atoms. The molecule has 108 valence electrons. The fraction of sp³-hybridized carbons (Fsp3) is 0.769. The molecule has 1 heterocycles. The van der Waals surface area contributed by atoms with E-state index in [0.717, 1.165) is 6.42 Å². The van der Waals surface area contributed by atoms with Gasteiger partial charge in [0.1, 0.15) is 6.04 Å². The van der Waals surface area contributed by atoms with Gasteiger partial charge in [0.05, 0.1) is 5.92 Å². The second-order valence-corrected chi connectivity index (χ2v) is 5.34. The summed E-state index contributed by atoms with van der Waals surface area (Å²) in [6, 6.07) is -0.439. The van der Waals surface area contributed by atoms with Gasteiger partial charge < -0.3 is 14.9 Å². The van der Waals surface area contributed by atoms with Gasteiger partial charge in [-0.1, -0.05) is 13.8 Å². The van der Waals surface area contributed by atoms with E-state index in [1.807, 2.05) is 0 Å². The summed E-state index contributed by atoms with van der Waals surface area (Å²) in [7, 11) is 3.32. The van der Waals surface area contributed by atoms with Gasteiger partial charge in [-0.05, 0) is 12.8 Å². The highest BCUT2D eigenvalue weighted by Gasteiger charge is 2.38. The summed E-state index contributed by atoms with van der Waals surface area (Å²) in [4.78, 5) is 38.3. The smallest absolute Gasteiger partial charge is 0.307 e. The Labute approximate surface area is 113 Å². The van der Waals surface area contributed by atoms with Gasteiger partial charge in [0, 0.05) is 26.6 Å². The zero-order valence-corrected chi connectivity index (χ0v) is 11.9. The number of hydrogen-bond acceptors (Lipinski definition) is 3. The Morgan fingerprint density at radius 2 is 1.79 bits per heavy atom. The zero-order chi connectivity index (χ0) is 14.7. The van der Waals surface area contributed by atoms with Crippen molar-refractivity contribution in [2.24, 2.45) is 11.8 Å². The standard InChI is InChI=1S/C13H22N2O4/c1-8(9(2)13(18)19)11(16)15-7-5-6-10(15)12(17)14(3)4/h8-10H,5-7H2,1-4H3,(H,18,19). The maximum Gasteiger partial charge on any atom is 0.307 e. The number of carboxylic acids is 1. The molecule has 0 aromatic heterocycles. The van der Waals surface area contributed by atoms with E-state index in [4.69, 9.17) is 5.11 Å². The number of hydrogen-bond donors (Lipinski definition) is 1. The van der Waals surface area contributed by atoms with Gasteiger partial charge in [0.25, 0.3) is 0 Å². The van der Waals surface area contributed by atoms with Crippen LogP contribution >= 0.6 is 0 Å². The maximum atomic E-state index is 12.3. The van der Waals surface area contributed by atoms with Crippen LogP contribution in [0.15, 0.2) is 0 Å². The SMILES string of the molecule is CC(C(=O)O)C(C)C(=O)N1CCCC1C(=O)N(C)C. The number of carbonyl (C=O) groups is 3. The molecule has 3 unspecified atom stereocenters. The first-order valence-corrected chi connectivity index (χ1v) is 6.51. The van der Waals surface area contributed by atoms with Crippen molar-refractivity contribution >= 4 is 17.8 Å². The van der Waals surface area contributed by atoms with Crippen LogP contribution in [0.3, 0.4) is 0 Å². The van der Waals surface area contributed by atoms with Crippen LogP contribution in [-0.4, -0.2) is 59.4 Å². The van der Waals surface area contributed by atoms with Crippen LogP contribution in [-0.2, 0) is 14.4 Å². The number of amides is 2. The van der Waals surface area contributed by atoms with Gasteiger partial charge in [-0.25, -0.2) is 0 Å². The molecule has 0 saturated carbocycles. The lowest BCUT2D eigenvalue weighted by atomic mass is 9.94. The van der Waals surface area contributed by atoms with E-state index in [0.29, 0.717) is 13.0 Å². The van der Waals surface area contributed by atoms with Crippen LogP contribution in [0.25, 0.3) is 0 Å². The van der Waals surface area contributed by atoms with Crippen LogP contribution in [0.1, 0.15) is 26.7 Å². The van der Waals surface area contributed by atoms with Crippen LogP contribution < -0.4 is 0 Å². The summed E-state index contributed by atoms with van der Waals surface area (Å²) in [5.41, 5.74) is 0. The first-order valence-electron chi connectivity index (χ1n) is 6.51. The van der Waals surface area contributed by atoms with Crippen molar-refractivity contribution < 1.29 is 19.5 Å². The van der Waals surface area contributed by atoms with Gasteiger partial charge in [0.15, 0.2) is 0 Å². The van der Waals surface area contributed by atoms with Crippen LogP contribution in [0.4, 0.5) is 0 Å². The molecule has 19 heavy (non-hydrogen) atoms. The number of rotatable bonds is 4. The summed E-state index contributed by atoms with van der Waals surface area (Å²) in [5.74, 6) is -2.69. The summed E-state index contributed by atoms with van der Waals surface area (Å²) >= 11 is 0. The molecule has 1 N–H and O–H groups in total. The van der Waals surface area contributed by atoms with E-state index in [1.165, 1.54) is 16.7 Å². The maximum absolute atomic E-state index is 12.3. The molecule has 0 aromatic rings. The van der Waals surface area contributed by atoms with Gasteiger partial charge >= 0.3 is 5.97 Å². The molecule has 6 heteroatoms. The lowest BCUT2D eigenvalue weighted by Gasteiger charge is -2.29. The predicted molar refractivity (Wildman–Crippen MR) is 69.4 cm³/mol. The number of carboxylic acid groups (broad SMARTS) is 1. The molecular weight excluding hydrogens is 248 g/mol. The first kappa shape index (κ1) is 15.5. The monoisotopic (exact) mass is 270 g/mol. The van der Waals surface area contributed by atoms with E-state index < -0.39 is 23.8 Å². The molecule has 1 fully saturated rings. The normalized spacial score (nSPS) is 21.9. The third-order valence-electron chi connectivity index (χ3n) is 3.79. The molecular formula is C13H22N2O4. The molecule has 0 radical (unpaired) electrons. The minimum atomic E-state index is -0.990. The van der Waals surface area contributed by atoms with E-state index in [-0.39, 0.29) is 11.8 Å². The second-order valence-electron chi connectivity index (χ2n) is 5.34. The molecule has 0 aliphatic carbocycles. The van der Waals surface area contributed by atoms with E-state index in [1.54, 1.807) is 21.0 Å². The van der Waals surface area contributed by atoms with Crippen LogP contribution in [0, 0.1) is 11.8 Å². The quantitative estimate of drug-likeness (QED) is 0.803. The third-order valence-corrected chi connectivity index (χ3v) is 3.79. The van der Waals surface area contributed by atoms with Crippen molar-refractivity contribution in [2.75, 3.05) is 20.6 Å². The Bertz CT molecular complexity index is 381. The molecule has 2 amide bonds. The highest BCUT2D eigenvalue weighted by Crippen LogP contribution is 2.24. The van der Waals surface area contributed by atoms with Crippen molar-refractivity contribution in [3.05, 3.63) is 0 Å². The predicted octanol–water partition coefficient (Wildman–Crippen LogP) is 0.422. The minimum absolute atomic E-state index is 0.0963. The summed E-state index contributed by atoms with van der Waals surface area (Å²) in [6.45, 7) is 3.65. The Hall–Kier alpha value is -1.59. The number of carbonyl (C=O) groups excluding carboxylic acids is 2. The van der Waals surface area contributed by atoms with Gasteiger partial charge in [-0.15, -0.1) is 0 Å². The molecule has 3 atom stereocenters. The Morgan fingerprint density at radius 1 is 1.21 bits per heavy atom. The highest BCUT2D eigenvalue weighted by atomic mass is 16.4. The zero-order valence-electron chi connectivity index (χ0n) is 11.9. The third kappa shape index (κ3) is 3.24. The molecule has 6 nitrogen and oxygen atoms in total. The molecule has 1 aliphatic heterocycles. The van der Waals surface area contributed by atoms with E-state index >= 15 is 0 Å². The first-order chi connectivity index (χ1) is 8.77. The highest BCUT2D eigenvalue weighted by molar-refractivity contribution is 5.90. The second kappa shape index (κ2) is 6.04. The molecule has 0 aromatic carbocycles. The van der Waals surface area contributed by atoms with E-state index in [2.05, 4.69) is 0 Å². The van der Waals surface area contributed by atoms with Crippen molar-refractivity contribution in [1.82, 2.24) is 9.80 Å². The molecule has 1 saturated heterocycles. The fourth-order valence-corrected chi connectivity index (χ4v) is 2.27. The van der Waals surface area contributed by atoms with Crippen LogP contribution in [0.5, 0.6) is 0 Å². The van der Waals surface area contributed by atoms with Crippen molar-refractivity contribution in [3.8, 4) is 0 Å². The lowest BCUT2D eigenvalue weighted by Crippen LogP contribution is -2.48. The summed E-state index contributed by atoms with van der Waals surface area (Å²) < 4.78 is 0. The van der Waals surface area contributed by atoms with Crippen LogP contribution in [0.2, 0.25) is 0 Å². The number of nitrogens with zero attached hydrogens (tertiary/aromatic N) is 2. The van der Waals surface area contributed by atoms with Crippen molar-refractivity contribution in [1.29, 1.82) is 0 Å². The van der Waals surface area contributed by atoms with E-state index in [9.17, 15) is 14.4 Å². The molecule has 0 spiro atoms. The summed E-state index contributed by atoms with van der Waals surface area (Å²) in [6.07, 6.45) is 1.43. The number of likely N-dealkylation sites (N-methyl/N-ethyl adjacent to an activating group) is 1. The Kier molecular flexibility index (Phi) is 4.91. The van der Waals surface area contributed by atoms with Crippen molar-refractivity contribution in [3.63, 3.8) is 0 Å². The number of likely N-dealkylation sites (tertiary alicyclic amines) is 1. The average Bonchev–Trinajstić information content (AvgIpc) is 2.83. The number of aliphatic carboxylic acids is 1. The average molecular weight is 270 g/mol. The van der Waals surface area contributed by atoms with Crippen molar-refractivity contribution in [2.45, 2.75) is 32.7 Å². The Balaban J connectivity index is 2.81. The minimum Gasteiger partial charge on any atom is -0.481 e. The van der Waals surface area contributed by atoms with Gasteiger partial charge in [-0.2, -0.15) is 0 Å². The van der Waals surface area contributed by atoms with Gasteiger partial charge in [-0.3, -0.25) is 14.4 Å². The van der Waals surface area contributed by atoms with Gasteiger partial charge in [0.2, 0.25) is 11.8 Å². The lowest BCUT2D eigenvalue weighted by molar-refractivity contribution is -0.151. The molecule has 1 rings (SSSR count). The molecule has 1 aliphatic rings. The Morgan fingerprint density at radius 3 is 2.26 bits per heavy atom. The topological polar surface area (TPSA) is 77.9 Å². The largest absolute Gasteiger partial charge is 0.481 e. The summed E-state index contributed by atoms with van der Waals surface area (Å²) in [5, 5.41) is 8.96. The fourth-order valence-electron chi connectivity index (χ4n) is 2.27.